The van der Waals surface area contributed by atoms with Crippen molar-refractivity contribution in [2.75, 3.05) is 32.7 Å². The van der Waals surface area contributed by atoms with Gasteiger partial charge in [-0.05, 0) is 47.1 Å². The fraction of sp³-hybridized carbons (Fsp3) is 0.577. The molecule has 1 saturated heterocycles. The highest BCUT2D eigenvalue weighted by Gasteiger charge is 2.39. The zero-order valence-corrected chi connectivity index (χ0v) is 22.9. The monoisotopic (exact) mass is 534 g/mol. The van der Waals surface area contributed by atoms with Gasteiger partial charge in [0, 0.05) is 13.1 Å². The van der Waals surface area contributed by atoms with Crippen LogP contribution in [-0.4, -0.2) is 89.7 Å². The summed E-state index contributed by atoms with van der Waals surface area (Å²) < 4.78 is 15.6. The molecule has 0 radical (unpaired) electrons. The Morgan fingerprint density at radius 2 is 1.53 bits per heavy atom. The van der Waals surface area contributed by atoms with Gasteiger partial charge in [0.1, 0.15) is 36.9 Å². The molecule has 0 saturated carbocycles. The largest absolute Gasteiger partial charge is 0.459 e. The van der Waals surface area contributed by atoms with Crippen molar-refractivity contribution in [3.8, 4) is 0 Å². The van der Waals surface area contributed by atoms with Gasteiger partial charge in [-0.2, -0.15) is 0 Å². The Bertz CT molecular complexity index is 1000. The number of benzene rings is 1. The van der Waals surface area contributed by atoms with Gasteiger partial charge < -0.3 is 34.6 Å². The summed E-state index contributed by atoms with van der Waals surface area (Å²) in [6, 6.07) is 7.93. The van der Waals surface area contributed by atoms with E-state index in [0.717, 1.165) is 5.56 Å². The average molecular weight is 535 g/mol. The third-order valence-corrected chi connectivity index (χ3v) is 5.08. The molecule has 0 aliphatic carbocycles. The van der Waals surface area contributed by atoms with Gasteiger partial charge in [0.25, 0.3) is 0 Å². The first-order valence-corrected chi connectivity index (χ1v) is 12.4. The van der Waals surface area contributed by atoms with Gasteiger partial charge in [-0.3, -0.25) is 14.4 Å². The highest BCUT2D eigenvalue weighted by atomic mass is 16.6. The van der Waals surface area contributed by atoms with Crippen LogP contribution in [0, 0.1) is 0 Å². The summed E-state index contributed by atoms with van der Waals surface area (Å²) >= 11 is 0. The van der Waals surface area contributed by atoms with E-state index in [2.05, 4.69) is 10.6 Å². The van der Waals surface area contributed by atoms with Crippen molar-refractivity contribution < 1.29 is 38.2 Å². The molecule has 1 heterocycles. The summed E-state index contributed by atoms with van der Waals surface area (Å²) in [5.74, 6) is -1.69. The van der Waals surface area contributed by atoms with Gasteiger partial charge in [0.2, 0.25) is 11.8 Å². The smallest absolute Gasteiger partial charge is 0.407 e. The highest BCUT2D eigenvalue weighted by molar-refractivity contribution is 5.92. The first kappa shape index (κ1) is 30.4. The SMILES string of the molecule is CC(C)(C)OC(=O)CN1CCN(C(=O)CNC(=O)OCc2ccccc2)[C@@H](CNC(=O)OC(C)(C)C)C1=O. The fourth-order valence-electron chi connectivity index (χ4n) is 3.54. The van der Waals surface area contributed by atoms with Crippen LogP contribution in [0.1, 0.15) is 47.1 Å². The van der Waals surface area contributed by atoms with Crippen molar-refractivity contribution in [3.05, 3.63) is 35.9 Å². The Morgan fingerprint density at radius 1 is 0.895 bits per heavy atom. The molecule has 1 aromatic carbocycles. The third kappa shape index (κ3) is 10.7. The maximum Gasteiger partial charge on any atom is 0.407 e. The Hall–Kier alpha value is -3.83. The molecule has 0 aromatic heterocycles. The molecule has 0 bridgehead atoms. The lowest BCUT2D eigenvalue weighted by atomic mass is 10.1. The first-order valence-electron chi connectivity index (χ1n) is 12.4. The van der Waals surface area contributed by atoms with E-state index < -0.39 is 53.8 Å². The van der Waals surface area contributed by atoms with Crippen LogP contribution in [0.4, 0.5) is 9.59 Å². The molecule has 1 aliphatic rings. The molecular weight excluding hydrogens is 496 g/mol. The molecule has 1 aliphatic heterocycles. The van der Waals surface area contributed by atoms with Crippen molar-refractivity contribution in [1.29, 1.82) is 0 Å². The van der Waals surface area contributed by atoms with Gasteiger partial charge in [0.15, 0.2) is 0 Å². The van der Waals surface area contributed by atoms with Gasteiger partial charge in [-0.25, -0.2) is 9.59 Å². The van der Waals surface area contributed by atoms with Crippen LogP contribution in [0.5, 0.6) is 0 Å². The molecule has 2 rings (SSSR count). The summed E-state index contributed by atoms with van der Waals surface area (Å²) in [6.07, 6.45) is -1.55. The Balaban J connectivity index is 2.02. The number of piperazine rings is 1. The minimum Gasteiger partial charge on any atom is -0.459 e. The standard InChI is InChI=1S/C26H38N4O8/c1-25(2,3)37-21(32)16-29-12-13-30(19(22(29)33)14-27-24(35)38-26(4,5)6)20(31)15-28-23(34)36-17-18-10-8-7-9-11-18/h7-11,19H,12-17H2,1-6H3,(H,27,35)(H,28,34)/t19-/m0/s1. The lowest BCUT2D eigenvalue weighted by molar-refractivity contribution is -0.162. The summed E-state index contributed by atoms with van der Waals surface area (Å²) in [5, 5.41) is 4.90. The van der Waals surface area contributed by atoms with E-state index in [4.69, 9.17) is 14.2 Å². The summed E-state index contributed by atoms with van der Waals surface area (Å²) in [4.78, 5) is 65.3. The number of esters is 1. The molecule has 4 amide bonds. The number of nitrogens with zero attached hydrogens (tertiary/aromatic N) is 2. The lowest BCUT2D eigenvalue weighted by Crippen LogP contribution is -2.63. The van der Waals surface area contributed by atoms with Gasteiger partial charge >= 0.3 is 18.2 Å². The van der Waals surface area contributed by atoms with E-state index in [-0.39, 0.29) is 32.8 Å². The summed E-state index contributed by atoms with van der Waals surface area (Å²) in [7, 11) is 0. The van der Waals surface area contributed by atoms with Crippen LogP contribution in [0.2, 0.25) is 0 Å². The zero-order valence-electron chi connectivity index (χ0n) is 22.9. The number of amides is 4. The Kier molecular flexibility index (Phi) is 10.5. The van der Waals surface area contributed by atoms with E-state index in [1.54, 1.807) is 53.7 Å². The number of hydrogen-bond acceptors (Lipinski definition) is 8. The quantitative estimate of drug-likeness (QED) is 0.380. The van der Waals surface area contributed by atoms with E-state index in [0.29, 0.717) is 0 Å². The van der Waals surface area contributed by atoms with Crippen LogP contribution in [0.3, 0.4) is 0 Å². The molecule has 12 nitrogen and oxygen atoms in total. The Morgan fingerprint density at radius 3 is 2.13 bits per heavy atom. The average Bonchev–Trinajstić information content (AvgIpc) is 2.80. The van der Waals surface area contributed by atoms with Gasteiger partial charge in [-0.1, -0.05) is 30.3 Å². The van der Waals surface area contributed by atoms with Crippen molar-refractivity contribution in [3.63, 3.8) is 0 Å². The first-order chi connectivity index (χ1) is 17.6. The van der Waals surface area contributed by atoms with Gasteiger partial charge in [-0.15, -0.1) is 0 Å². The molecule has 210 valence electrons. The summed E-state index contributed by atoms with van der Waals surface area (Å²) in [6.45, 7) is 9.45. The van der Waals surface area contributed by atoms with Crippen LogP contribution < -0.4 is 10.6 Å². The Labute approximate surface area is 222 Å². The zero-order chi connectivity index (χ0) is 28.5. The predicted molar refractivity (Wildman–Crippen MR) is 137 cm³/mol. The van der Waals surface area contributed by atoms with E-state index in [1.807, 2.05) is 18.2 Å². The highest BCUT2D eigenvalue weighted by Crippen LogP contribution is 2.14. The third-order valence-electron chi connectivity index (χ3n) is 5.08. The maximum absolute atomic E-state index is 13.3. The molecule has 0 unspecified atom stereocenters. The van der Waals surface area contributed by atoms with Crippen molar-refractivity contribution in [1.82, 2.24) is 20.4 Å². The predicted octanol–water partition coefficient (Wildman–Crippen LogP) is 1.82. The molecule has 1 atom stereocenters. The van der Waals surface area contributed by atoms with Gasteiger partial charge in [0.05, 0.1) is 6.54 Å². The second kappa shape index (κ2) is 13.1. The number of ether oxygens (including phenoxy) is 3. The lowest BCUT2D eigenvalue weighted by Gasteiger charge is -2.40. The number of rotatable bonds is 8. The fourth-order valence-corrected chi connectivity index (χ4v) is 3.54. The van der Waals surface area contributed by atoms with Crippen LogP contribution in [0.25, 0.3) is 0 Å². The van der Waals surface area contributed by atoms with Crippen LogP contribution >= 0.6 is 0 Å². The number of carbonyl (C=O) groups is 5. The van der Waals surface area contributed by atoms with Crippen molar-refractivity contribution >= 4 is 30.0 Å². The normalized spacial score (nSPS) is 15.9. The van der Waals surface area contributed by atoms with Crippen LogP contribution in [0.15, 0.2) is 30.3 Å². The van der Waals surface area contributed by atoms with Crippen LogP contribution in [-0.2, 0) is 35.2 Å². The number of nitrogens with one attached hydrogen (secondary N) is 2. The minimum atomic E-state index is -1.12. The number of alkyl carbamates (subject to hydrolysis) is 2. The number of carbonyl (C=O) groups excluding carboxylic acids is 5. The molecule has 0 spiro atoms. The van der Waals surface area contributed by atoms with E-state index >= 15 is 0 Å². The molecule has 2 N–H and O–H groups in total. The number of hydrogen-bond donors (Lipinski definition) is 2. The molecule has 1 aromatic rings. The van der Waals surface area contributed by atoms with Crippen molar-refractivity contribution in [2.24, 2.45) is 0 Å². The summed E-state index contributed by atoms with van der Waals surface area (Å²) in [5.41, 5.74) is -0.701. The molecule has 12 heteroatoms. The topological polar surface area (TPSA) is 144 Å². The second-order valence-electron chi connectivity index (χ2n) is 10.7. The minimum absolute atomic E-state index is 0.0329. The molecule has 1 fully saturated rings. The molecular formula is C26H38N4O8. The van der Waals surface area contributed by atoms with Crippen molar-refractivity contribution in [2.45, 2.75) is 65.4 Å². The second-order valence-corrected chi connectivity index (χ2v) is 10.7. The maximum atomic E-state index is 13.3. The van der Waals surface area contributed by atoms with E-state index in [9.17, 15) is 24.0 Å². The molecule has 38 heavy (non-hydrogen) atoms. The van der Waals surface area contributed by atoms with E-state index in [1.165, 1.54) is 9.80 Å².